The summed E-state index contributed by atoms with van der Waals surface area (Å²) in [6.07, 6.45) is 3.41. The highest BCUT2D eigenvalue weighted by Crippen LogP contribution is 2.35. The van der Waals surface area contributed by atoms with Gasteiger partial charge in [-0.3, -0.25) is 4.79 Å². The summed E-state index contributed by atoms with van der Waals surface area (Å²) in [5.74, 6) is -3.06. The van der Waals surface area contributed by atoms with E-state index in [2.05, 4.69) is 16.4 Å². The molecule has 0 spiro atoms. The number of pyridine rings is 1. The number of benzene rings is 2. The summed E-state index contributed by atoms with van der Waals surface area (Å²) in [6, 6.07) is 13.0. The average molecular weight is 356 g/mol. The zero-order valence-corrected chi connectivity index (χ0v) is 13.9. The van der Waals surface area contributed by atoms with Crippen LogP contribution in [0.15, 0.2) is 53.7 Å². The number of aromatic nitrogens is 1. The molecule has 4 rings (SSSR count). The minimum Gasteiger partial charge on any atom is -0.321 e. The van der Waals surface area contributed by atoms with Crippen molar-refractivity contribution in [3.8, 4) is 0 Å². The summed E-state index contributed by atoms with van der Waals surface area (Å²) < 4.78 is 25.4. The third-order valence-electron chi connectivity index (χ3n) is 4.34. The lowest BCUT2D eigenvalue weighted by molar-refractivity contribution is 0.102. The highest BCUT2D eigenvalue weighted by Gasteiger charge is 2.19. The molecule has 0 fully saturated rings. The summed E-state index contributed by atoms with van der Waals surface area (Å²) in [5, 5.41) is 5.06. The molecule has 0 unspecified atom stereocenters. The molecule has 6 heteroatoms. The topological polar surface area (TPSA) is 42.0 Å². The molecule has 1 aromatic heterocycles. The summed E-state index contributed by atoms with van der Waals surface area (Å²) in [4.78, 5) is 16.5. The number of amides is 1. The van der Waals surface area contributed by atoms with Crippen LogP contribution in [0.5, 0.6) is 0 Å². The SMILES string of the molecule is O=C(Nc1ccc2c3c(cccc13)CC2)c1cccnc1SC(F)F. The standard InChI is InChI=1S/C19H14F2N2OS/c20-19(21)25-18-14(5-2-10-22-18)17(24)23-15-9-8-12-7-6-11-3-1-4-13(15)16(11)12/h1-5,8-10,19H,6-7H2,(H,23,24). The number of carbonyl (C=O) groups excluding carboxylic acids is 1. The molecule has 0 saturated heterocycles. The Labute approximate surface area is 147 Å². The molecule has 1 aliphatic rings. The van der Waals surface area contributed by atoms with Gasteiger partial charge < -0.3 is 5.32 Å². The van der Waals surface area contributed by atoms with E-state index >= 15 is 0 Å². The van der Waals surface area contributed by atoms with Crippen LogP contribution in [-0.2, 0) is 12.8 Å². The quantitative estimate of drug-likeness (QED) is 0.676. The van der Waals surface area contributed by atoms with Crippen molar-refractivity contribution in [2.24, 2.45) is 0 Å². The van der Waals surface area contributed by atoms with Crippen LogP contribution in [0.1, 0.15) is 21.5 Å². The van der Waals surface area contributed by atoms with Crippen LogP contribution in [0.4, 0.5) is 14.5 Å². The van der Waals surface area contributed by atoms with Gasteiger partial charge in [0.25, 0.3) is 11.7 Å². The molecular weight excluding hydrogens is 342 g/mol. The summed E-state index contributed by atoms with van der Waals surface area (Å²) in [6.45, 7) is 0. The van der Waals surface area contributed by atoms with Crippen molar-refractivity contribution in [1.82, 2.24) is 4.98 Å². The number of rotatable bonds is 4. The molecule has 0 radical (unpaired) electrons. The zero-order valence-electron chi connectivity index (χ0n) is 13.1. The molecule has 25 heavy (non-hydrogen) atoms. The van der Waals surface area contributed by atoms with Crippen LogP contribution >= 0.6 is 11.8 Å². The minimum atomic E-state index is -2.63. The van der Waals surface area contributed by atoms with Gasteiger partial charge in [0.15, 0.2) is 0 Å². The average Bonchev–Trinajstić information content (AvgIpc) is 3.02. The number of nitrogens with one attached hydrogen (secondary N) is 1. The Morgan fingerprint density at radius 2 is 1.88 bits per heavy atom. The molecule has 3 nitrogen and oxygen atoms in total. The summed E-state index contributed by atoms with van der Waals surface area (Å²) in [5.41, 5.74) is 3.39. The maximum atomic E-state index is 12.7. The van der Waals surface area contributed by atoms with Gasteiger partial charge in [-0.1, -0.05) is 24.3 Å². The van der Waals surface area contributed by atoms with Crippen LogP contribution in [0.3, 0.4) is 0 Å². The third kappa shape index (κ3) is 2.98. The predicted octanol–water partition coefficient (Wildman–Crippen LogP) is 4.90. The molecule has 0 saturated carbocycles. The van der Waals surface area contributed by atoms with Crippen molar-refractivity contribution in [2.45, 2.75) is 23.6 Å². The van der Waals surface area contributed by atoms with Gasteiger partial charge in [-0.15, -0.1) is 0 Å². The van der Waals surface area contributed by atoms with Gasteiger partial charge >= 0.3 is 0 Å². The molecule has 3 aromatic rings. The fourth-order valence-electron chi connectivity index (χ4n) is 3.29. The monoisotopic (exact) mass is 356 g/mol. The number of thioether (sulfide) groups is 1. The lowest BCUT2D eigenvalue weighted by Crippen LogP contribution is -2.14. The van der Waals surface area contributed by atoms with Gasteiger partial charge in [0.1, 0.15) is 5.03 Å². The van der Waals surface area contributed by atoms with Crippen LogP contribution in [0.25, 0.3) is 10.8 Å². The molecule has 1 aliphatic carbocycles. The first-order valence-corrected chi connectivity index (χ1v) is 8.76. The molecule has 2 aromatic carbocycles. The number of carbonyl (C=O) groups is 1. The van der Waals surface area contributed by atoms with Gasteiger partial charge in [0, 0.05) is 17.3 Å². The van der Waals surface area contributed by atoms with Gasteiger partial charge in [-0.2, -0.15) is 8.78 Å². The van der Waals surface area contributed by atoms with Crippen LogP contribution in [0, 0.1) is 0 Å². The van der Waals surface area contributed by atoms with Gasteiger partial charge in [-0.25, -0.2) is 4.98 Å². The van der Waals surface area contributed by atoms with Crippen LogP contribution in [0.2, 0.25) is 0 Å². The van der Waals surface area contributed by atoms with E-state index in [4.69, 9.17) is 0 Å². The summed E-state index contributed by atoms with van der Waals surface area (Å²) in [7, 11) is 0. The van der Waals surface area contributed by atoms with E-state index in [-0.39, 0.29) is 22.4 Å². The minimum absolute atomic E-state index is 0.0286. The van der Waals surface area contributed by atoms with E-state index in [1.165, 1.54) is 28.8 Å². The number of hydrogen-bond acceptors (Lipinski definition) is 3. The molecule has 1 heterocycles. The van der Waals surface area contributed by atoms with Gasteiger partial charge in [0.2, 0.25) is 0 Å². The Morgan fingerprint density at radius 1 is 1.08 bits per heavy atom. The first-order valence-electron chi connectivity index (χ1n) is 7.88. The number of aryl methyl sites for hydroxylation is 2. The normalized spacial score (nSPS) is 12.8. The Hall–Kier alpha value is -2.47. The van der Waals surface area contributed by atoms with Crippen molar-refractivity contribution in [1.29, 1.82) is 0 Å². The van der Waals surface area contributed by atoms with Crippen molar-refractivity contribution >= 4 is 34.1 Å². The fraction of sp³-hybridized carbons (Fsp3) is 0.158. The lowest BCUT2D eigenvalue weighted by atomic mass is 10.0. The summed E-state index contributed by atoms with van der Waals surface area (Å²) >= 11 is 0.277. The Kier molecular flexibility index (Phi) is 4.13. The second kappa shape index (κ2) is 6.44. The van der Waals surface area contributed by atoms with Crippen LogP contribution < -0.4 is 5.32 Å². The molecule has 0 bridgehead atoms. The first kappa shape index (κ1) is 16.0. The zero-order chi connectivity index (χ0) is 17.4. The van der Waals surface area contributed by atoms with E-state index < -0.39 is 11.7 Å². The second-order valence-corrected chi connectivity index (χ2v) is 6.78. The third-order valence-corrected chi connectivity index (χ3v) is 5.07. The number of halogens is 2. The van der Waals surface area contributed by atoms with Gasteiger partial charge in [-0.05, 0) is 59.3 Å². The number of hydrogen-bond donors (Lipinski definition) is 1. The van der Waals surface area contributed by atoms with Crippen molar-refractivity contribution in [2.75, 3.05) is 5.32 Å². The number of alkyl halides is 2. The Bertz CT molecular complexity index is 965. The molecule has 1 N–H and O–H groups in total. The molecule has 0 aliphatic heterocycles. The number of nitrogens with zero attached hydrogens (tertiary/aromatic N) is 1. The fourth-order valence-corrected chi connectivity index (χ4v) is 3.87. The largest absolute Gasteiger partial charge is 0.321 e. The Balaban J connectivity index is 1.70. The Morgan fingerprint density at radius 3 is 2.68 bits per heavy atom. The highest BCUT2D eigenvalue weighted by molar-refractivity contribution is 7.99. The molecular formula is C19H14F2N2OS. The predicted molar refractivity (Wildman–Crippen MR) is 95.4 cm³/mol. The highest BCUT2D eigenvalue weighted by atomic mass is 32.2. The van der Waals surface area contributed by atoms with Crippen LogP contribution in [-0.4, -0.2) is 16.6 Å². The van der Waals surface area contributed by atoms with Crippen molar-refractivity contribution < 1.29 is 13.6 Å². The lowest BCUT2D eigenvalue weighted by Gasteiger charge is -2.12. The maximum absolute atomic E-state index is 12.7. The number of anilines is 1. The van der Waals surface area contributed by atoms with E-state index in [0.717, 1.165) is 18.2 Å². The van der Waals surface area contributed by atoms with Crippen molar-refractivity contribution in [3.63, 3.8) is 0 Å². The van der Waals surface area contributed by atoms with E-state index in [9.17, 15) is 13.6 Å². The molecule has 1 amide bonds. The maximum Gasteiger partial charge on any atom is 0.290 e. The van der Waals surface area contributed by atoms with E-state index in [0.29, 0.717) is 5.69 Å². The van der Waals surface area contributed by atoms with Crippen molar-refractivity contribution in [3.05, 3.63) is 65.4 Å². The molecule has 126 valence electrons. The smallest absolute Gasteiger partial charge is 0.290 e. The van der Waals surface area contributed by atoms with E-state index in [1.807, 2.05) is 24.3 Å². The second-order valence-electron chi connectivity index (χ2n) is 5.80. The van der Waals surface area contributed by atoms with Gasteiger partial charge in [0.05, 0.1) is 5.56 Å². The van der Waals surface area contributed by atoms with E-state index in [1.54, 1.807) is 6.07 Å². The first-order chi connectivity index (χ1) is 12.1. The molecule has 0 atom stereocenters.